The molecule has 2 aliphatic carbocycles. The average molecular weight is 535 g/mol. The Kier molecular flexibility index (Phi) is 9.10. The van der Waals surface area contributed by atoms with E-state index >= 15 is 0 Å². The molecule has 0 amide bonds. The summed E-state index contributed by atoms with van der Waals surface area (Å²) in [4.78, 5) is 14.0. The van der Waals surface area contributed by atoms with Crippen molar-refractivity contribution in [3.05, 3.63) is 34.5 Å². The first-order valence-electron chi connectivity index (χ1n) is 10.8. The minimum Gasteiger partial charge on any atom is -0.483 e. The second kappa shape index (κ2) is 11.6. The molecule has 0 unspecified atom stereocenters. The normalized spacial score (nSPS) is 24.5. The Hall–Kier alpha value is -1.99. The molecule has 2 saturated carbocycles. The van der Waals surface area contributed by atoms with Crippen LogP contribution in [0.5, 0.6) is 0 Å². The summed E-state index contributed by atoms with van der Waals surface area (Å²) in [7, 11) is -2.07. The van der Waals surface area contributed by atoms with Crippen LogP contribution >= 0.6 is 22.9 Å². The predicted molar refractivity (Wildman–Crippen MR) is 129 cm³/mol. The number of anilines is 2. The second-order valence-electron chi connectivity index (χ2n) is 8.36. The van der Waals surface area contributed by atoms with E-state index in [2.05, 4.69) is 27.0 Å². The lowest BCUT2D eigenvalue weighted by atomic mass is 9.83. The van der Waals surface area contributed by atoms with Gasteiger partial charge in [0.2, 0.25) is 0 Å². The Bertz CT molecular complexity index is 1070. The number of thiazole rings is 1. The zero-order valence-electron chi connectivity index (χ0n) is 18.5. The fourth-order valence-corrected chi connectivity index (χ4v) is 6.58. The van der Waals surface area contributed by atoms with Crippen LogP contribution in [-0.2, 0) is 14.8 Å². The third kappa shape index (κ3) is 6.36. The Morgan fingerprint density at radius 2 is 1.97 bits per heavy atom. The van der Waals surface area contributed by atoms with E-state index < -0.39 is 20.7 Å². The SMILES string of the molecule is CN(C1CC(O)C1)[C@H]1CCCC[C@@H]1Nc1cc(F)c(S(=O)(=O)Nc2nccs2)cc1Cl.O=CO. The summed E-state index contributed by atoms with van der Waals surface area (Å²) in [6.45, 7) is -0.250. The molecule has 1 heterocycles. The summed E-state index contributed by atoms with van der Waals surface area (Å²) in [5.41, 5.74) is 0.381. The zero-order valence-corrected chi connectivity index (χ0v) is 20.9. The van der Waals surface area contributed by atoms with Gasteiger partial charge in [-0.1, -0.05) is 24.4 Å². The molecule has 2 aliphatic rings. The number of aromatic nitrogens is 1. The molecular formula is C21H28ClFN4O5S2. The van der Waals surface area contributed by atoms with Crippen LogP contribution < -0.4 is 10.0 Å². The van der Waals surface area contributed by atoms with Gasteiger partial charge in [-0.15, -0.1) is 11.3 Å². The van der Waals surface area contributed by atoms with Crippen molar-refractivity contribution in [2.75, 3.05) is 17.1 Å². The van der Waals surface area contributed by atoms with Crippen molar-refractivity contribution < 1.29 is 27.8 Å². The van der Waals surface area contributed by atoms with E-state index in [-0.39, 0.29) is 34.8 Å². The van der Waals surface area contributed by atoms with E-state index in [1.165, 1.54) is 6.20 Å². The molecule has 1 aromatic carbocycles. The molecule has 2 atom stereocenters. The summed E-state index contributed by atoms with van der Waals surface area (Å²) >= 11 is 7.48. The maximum atomic E-state index is 14.8. The average Bonchev–Trinajstić information content (AvgIpc) is 3.26. The fraction of sp³-hybridized carbons (Fsp3) is 0.524. The summed E-state index contributed by atoms with van der Waals surface area (Å²) in [5.74, 6) is -0.876. The molecule has 13 heteroatoms. The number of benzene rings is 1. The number of nitrogens with one attached hydrogen (secondary N) is 2. The van der Waals surface area contributed by atoms with E-state index in [0.717, 1.165) is 62.0 Å². The number of nitrogens with zero attached hydrogens (tertiary/aromatic N) is 2. The van der Waals surface area contributed by atoms with E-state index in [1.54, 1.807) is 5.38 Å². The van der Waals surface area contributed by atoms with Gasteiger partial charge in [0, 0.05) is 29.7 Å². The summed E-state index contributed by atoms with van der Waals surface area (Å²) in [6.07, 6.45) is 6.86. The van der Waals surface area contributed by atoms with Crippen molar-refractivity contribution in [2.24, 2.45) is 0 Å². The van der Waals surface area contributed by atoms with Crippen molar-refractivity contribution in [2.45, 2.75) is 67.6 Å². The highest BCUT2D eigenvalue weighted by molar-refractivity contribution is 7.93. The number of sulfonamides is 1. The van der Waals surface area contributed by atoms with Crippen LogP contribution in [-0.4, -0.2) is 66.3 Å². The van der Waals surface area contributed by atoms with Crippen molar-refractivity contribution in [1.82, 2.24) is 9.88 Å². The summed E-state index contributed by atoms with van der Waals surface area (Å²) in [6, 6.07) is 2.93. The molecule has 1 aromatic heterocycles. The van der Waals surface area contributed by atoms with Crippen LogP contribution in [0.3, 0.4) is 0 Å². The fourth-order valence-electron chi connectivity index (χ4n) is 4.42. The van der Waals surface area contributed by atoms with Gasteiger partial charge < -0.3 is 15.5 Å². The first-order valence-corrected chi connectivity index (χ1v) is 13.6. The van der Waals surface area contributed by atoms with Gasteiger partial charge in [0.25, 0.3) is 16.5 Å². The highest BCUT2D eigenvalue weighted by Gasteiger charge is 2.37. The first kappa shape index (κ1) is 26.6. The third-order valence-corrected chi connectivity index (χ3v) is 8.71. The number of rotatable bonds is 7. The number of carboxylic acid groups (broad SMARTS) is 1. The summed E-state index contributed by atoms with van der Waals surface area (Å²) < 4.78 is 42.2. The first-order chi connectivity index (χ1) is 16.2. The Morgan fingerprint density at radius 1 is 1.29 bits per heavy atom. The van der Waals surface area contributed by atoms with Crippen molar-refractivity contribution in [3.8, 4) is 0 Å². The van der Waals surface area contributed by atoms with Crippen molar-refractivity contribution in [3.63, 3.8) is 0 Å². The maximum Gasteiger partial charge on any atom is 0.290 e. The molecule has 0 aliphatic heterocycles. The molecule has 0 saturated heterocycles. The highest BCUT2D eigenvalue weighted by Crippen LogP contribution is 2.35. The van der Waals surface area contributed by atoms with Crippen LogP contribution in [0.4, 0.5) is 15.2 Å². The number of likely N-dealkylation sites (N-methyl/N-ethyl adjacent to an activating group) is 1. The zero-order chi connectivity index (χ0) is 24.9. The molecule has 2 fully saturated rings. The topological polar surface area (TPSA) is 132 Å². The number of halogens is 2. The monoisotopic (exact) mass is 534 g/mol. The molecule has 9 nitrogen and oxygen atoms in total. The van der Waals surface area contributed by atoms with Crippen molar-refractivity contribution in [1.29, 1.82) is 0 Å². The minimum atomic E-state index is -4.14. The number of hydrogen-bond donors (Lipinski definition) is 4. The van der Waals surface area contributed by atoms with Gasteiger partial charge >= 0.3 is 0 Å². The highest BCUT2D eigenvalue weighted by atomic mass is 35.5. The smallest absolute Gasteiger partial charge is 0.290 e. The van der Waals surface area contributed by atoms with Gasteiger partial charge in [0.15, 0.2) is 5.13 Å². The van der Waals surface area contributed by atoms with Crippen LogP contribution in [0.15, 0.2) is 28.6 Å². The van der Waals surface area contributed by atoms with Gasteiger partial charge in [0.1, 0.15) is 10.7 Å². The quantitative estimate of drug-likeness (QED) is 0.396. The molecule has 0 radical (unpaired) electrons. The van der Waals surface area contributed by atoms with Crippen LogP contribution in [0.25, 0.3) is 0 Å². The lowest BCUT2D eigenvalue weighted by Gasteiger charge is -2.47. The predicted octanol–water partition coefficient (Wildman–Crippen LogP) is 3.62. The maximum absolute atomic E-state index is 14.8. The van der Waals surface area contributed by atoms with E-state index in [1.807, 2.05) is 0 Å². The molecule has 0 spiro atoms. The Balaban J connectivity index is 0.00000103. The standard InChI is InChI=1S/C20H26ClFN4O3S2.CH2O2/c1-26(12-8-13(27)9-12)18-5-3-2-4-16(18)24-17-11-15(22)19(10-14(17)21)31(28,29)25-20-23-6-7-30-20;2-1-3/h6-7,10-13,16,18,24,27H,2-5,8-9H2,1H3,(H,23,25);1H,(H,2,3)/t12?,13?,16-,18-;/m0./s1. The number of carbonyl (C=O) groups is 1. The lowest BCUT2D eigenvalue weighted by molar-refractivity contribution is -0.122. The lowest BCUT2D eigenvalue weighted by Crippen LogP contribution is -2.55. The van der Waals surface area contributed by atoms with Crippen molar-refractivity contribution >= 4 is 50.3 Å². The third-order valence-electron chi connectivity index (χ3n) is 6.22. The molecule has 4 rings (SSSR count). The minimum absolute atomic E-state index is 0.0595. The largest absolute Gasteiger partial charge is 0.483 e. The Morgan fingerprint density at radius 3 is 2.59 bits per heavy atom. The van der Waals surface area contributed by atoms with E-state index in [4.69, 9.17) is 21.5 Å². The van der Waals surface area contributed by atoms with Gasteiger partial charge in [0.05, 0.1) is 16.8 Å². The number of aliphatic hydroxyl groups is 1. The molecule has 188 valence electrons. The molecular weight excluding hydrogens is 507 g/mol. The van der Waals surface area contributed by atoms with Gasteiger partial charge in [-0.2, -0.15) is 0 Å². The number of hydrogen-bond acceptors (Lipinski definition) is 8. The van der Waals surface area contributed by atoms with Gasteiger partial charge in [-0.05, 0) is 44.9 Å². The van der Waals surface area contributed by atoms with E-state index in [0.29, 0.717) is 11.7 Å². The van der Waals surface area contributed by atoms with E-state index in [9.17, 15) is 17.9 Å². The number of aliphatic hydroxyl groups excluding tert-OH is 1. The van der Waals surface area contributed by atoms with Crippen LogP contribution in [0.1, 0.15) is 38.5 Å². The molecule has 34 heavy (non-hydrogen) atoms. The molecule has 0 bridgehead atoms. The van der Waals surface area contributed by atoms with Crippen LogP contribution in [0.2, 0.25) is 5.02 Å². The molecule has 4 N–H and O–H groups in total. The summed E-state index contributed by atoms with van der Waals surface area (Å²) in [5, 5.41) is 21.8. The molecule has 2 aromatic rings. The second-order valence-corrected chi connectivity index (χ2v) is 11.3. The van der Waals surface area contributed by atoms with Crippen LogP contribution in [0, 0.1) is 5.82 Å². The van der Waals surface area contributed by atoms with Gasteiger partial charge in [-0.3, -0.25) is 14.4 Å². The Labute approximate surface area is 207 Å². The van der Waals surface area contributed by atoms with Gasteiger partial charge in [-0.25, -0.2) is 17.8 Å².